The predicted octanol–water partition coefficient (Wildman–Crippen LogP) is 4.74. The Hall–Kier alpha value is -3.63. The zero-order valence-corrected chi connectivity index (χ0v) is 23.7. The number of anilines is 1. The van der Waals surface area contributed by atoms with Crippen LogP contribution in [-0.2, 0) is 12.0 Å². The van der Waals surface area contributed by atoms with Crippen molar-refractivity contribution in [2.45, 2.75) is 52.1 Å². The number of aromatic amines is 1. The standard InChI is InChI=1S/C29H34N8OS/c1-5-19-11-12-22-20(17-19)18-21(27(38)30-22)25(26-32-33-34-37(26)29(3,4)6-2)35-13-15-36(16-14-35)28-31-23-9-7-8-10-24(23)39-28/h7-12,17-18,25H,5-6,13-16H2,1-4H3,(H,30,38)/t25-/m0/s1. The van der Waals surface area contributed by atoms with Crippen molar-refractivity contribution < 1.29 is 0 Å². The topological polar surface area (TPSA) is 95.8 Å². The number of tetrazole rings is 1. The minimum atomic E-state index is -0.373. The van der Waals surface area contributed by atoms with Crippen LogP contribution < -0.4 is 10.5 Å². The number of pyridine rings is 1. The van der Waals surface area contributed by atoms with Crippen LogP contribution in [0, 0.1) is 0 Å². The molecule has 1 aliphatic heterocycles. The summed E-state index contributed by atoms with van der Waals surface area (Å²) in [6.07, 6.45) is 1.79. The molecule has 5 aromatic rings. The van der Waals surface area contributed by atoms with Crippen molar-refractivity contribution in [3.63, 3.8) is 0 Å². The van der Waals surface area contributed by atoms with Crippen molar-refractivity contribution in [3.05, 3.63) is 75.8 Å². The molecular weight excluding hydrogens is 508 g/mol. The van der Waals surface area contributed by atoms with Crippen LogP contribution in [0.25, 0.3) is 21.1 Å². The van der Waals surface area contributed by atoms with Gasteiger partial charge in [0.1, 0.15) is 6.04 Å². The Kier molecular flexibility index (Phi) is 6.68. The molecule has 1 atom stereocenters. The highest BCUT2D eigenvalue weighted by Crippen LogP contribution is 2.33. The van der Waals surface area contributed by atoms with E-state index in [1.54, 1.807) is 11.3 Å². The van der Waals surface area contributed by atoms with Crippen LogP contribution in [0.3, 0.4) is 0 Å². The predicted molar refractivity (Wildman–Crippen MR) is 157 cm³/mol. The Labute approximate surface area is 231 Å². The van der Waals surface area contributed by atoms with Gasteiger partial charge in [-0.1, -0.05) is 43.4 Å². The minimum Gasteiger partial charge on any atom is -0.345 e. The van der Waals surface area contributed by atoms with Crippen LogP contribution in [0.15, 0.2) is 53.3 Å². The first-order valence-electron chi connectivity index (χ1n) is 13.7. The number of benzene rings is 2. The van der Waals surface area contributed by atoms with Crippen molar-refractivity contribution in [2.75, 3.05) is 31.1 Å². The van der Waals surface area contributed by atoms with E-state index in [1.165, 1.54) is 10.3 Å². The fourth-order valence-corrected chi connectivity index (χ4v) is 6.32. The van der Waals surface area contributed by atoms with E-state index in [9.17, 15) is 4.79 Å². The third-order valence-electron chi connectivity index (χ3n) is 8.05. The van der Waals surface area contributed by atoms with Crippen molar-refractivity contribution in [2.24, 2.45) is 0 Å². The van der Waals surface area contributed by atoms with Crippen LogP contribution >= 0.6 is 11.3 Å². The van der Waals surface area contributed by atoms with Gasteiger partial charge in [-0.2, -0.15) is 0 Å². The number of hydrogen-bond acceptors (Lipinski definition) is 8. The fourth-order valence-electron chi connectivity index (χ4n) is 5.31. The summed E-state index contributed by atoms with van der Waals surface area (Å²) in [4.78, 5) is 26.3. The number of hydrogen-bond donors (Lipinski definition) is 1. The SMILES string of the molecule is CCc1ccc2[nH]c(=O)c([C@@H](c3nnnn3C(C)(C)CC)N3CCN(c4nc5ccccc5s4)CC3)cc2c1. The van der Waals surface area contributed by atoms with Crippen LogP contribution in [0.1, 0.15) is 57.1 Å². The van der Waals surface area contributed by atoms with Crippen molar-refractivity contribution >= 4 is 37.6 Å². The quantitative estimate of drug-likeness (QED) is 0.317. The van der Waals surface area contributed by atoms with E-state index in [0.717, 1.165) is 60.6 Å². The number of aromatic nitrogens is 6. The molecule has 0 aliphatic carbocycles. The Balaban J connectivity index is 1.39. The Morgan fingerprint density at radius 1 is 1.05 bits per heavy atom. The maximum atomic E-state index is 13.6. The molecule has 39 heavy (non-hydrogen) atoms. The Bertz CT molecular complexity index is 1640. The van der Waals surface area contributed by atoms with Gasteiger partial charge in [-0.25, -0.2) is 9.67 Å². The summed E-state index contributed by atoms with van der Waals surface area (Å²) >= 11 is 1.73. The van der Waals surface area contributed by atoms with Crippen LogP contribution in [0.4, 0.5) is 5.13 Å². The molecule has 1 fully saturated rings. The molecule has 0 amide bonds. The molecule has 4 heterocycles. The molecule has 10 heteroatoms. The van der Waals surface area contributed by atoms with E-state index >= 15 is 0 Å². The van der Waals surface area contributed by atoms with E-state index in [4.69, 9.17) is 4.98 Å². The highest BCUT2D eigenvalue weighted by Gasteiger charge is 2.36. The molecule has 1 saturated heterocycles. The minimum absolute atomic E-state index is 0.103. The number of piperazine rings is 1. The van der Waals surface area contributed by atoms with E-state index in [-0.39, 0.29) is 17.1 Å². The highest BCUT2D eigenvalue weighted by atomic mass is 32.1. The van der Waals surface area contributed by atoms with Crippen molar-refractivity contribution in [1.29, 1.82) is 0 Å². The highest BCUT2D eigenvalue weighted by molar-refractivity contribution is 7.22. The van der Waals surface area contributed by atoms with Gasteiger partial charge < -0.3 is 9.88 Å². The molecule has 0 unspecified atom stereocenters. The average Bonchev–Trinajstić information content (AvgIpc) is 3.62. The number of fused-ring (bicyclic) bond motifs is 2. The number of H-pyrrole nitrogens is 1. The summed E-state index contributed by atoms with van der Waals surface area (Å²) in [5, 5.41) is 15.1. The molecule has 1 N–H and O–H groups in total. The molecule has 0 spiro atoms. The van der Waals surface area contributed by atoms with Gasteiger partial charge in [0, 0.05) is 37.3 Å². The first kappa shape index (κ1) is 25.6. The zero-order chi connectivity index (χ0) is 27.1. The summed E-state index contributed by atoms with van der Waals surface area (Å²) < 4.78 is 3.10. The second-order valence-corrected chi connectivity index (χ2v) is 11.8. The molecule has 0 radical (unpaired) electrons. The van der Waals surface area contributed by atoms with E-state index in [0.29, 0.717) is 11.4 Å². The number of aryl methyl sites for hydroxylation is 1. The van der Waals surface area contributed by atoms with Crippen LogP contribution in [0.5, 0.6) is 0 Å². The van der Waals surface area contributed by atoms with E-state index < -0.39 is 0 Å². The number of para-hydroxylation sites is 1. The molecule has 9 nitrogen and oxygen atoms in total. The third-order valence-corrected chi connectivity index (χ3v) is 9.15. The maximum Gasteiger partial charge on any atom is 0.253 e. The van der Waals surface area contributed by atoms with Crippen LogP contribution in [0.2, 0.25) is 0 Å². The largest absolute Gasteiger partial charge is 0.345 e. The van der Waals surface area contributed by atoms with E-state index in [1.807, 2.05) is 22.9 Å². The monoisotopic (exact) mass is 542 g/mol. The van der Waals surface area contributed by atoms with Gasteiger partial charge >= 0.3 is 0 Å². The summed E-state index contributed by atoms with van der Waals surface area (Å²) in [5.41, 5.74) is 3.39. The average molecular weight is 543 g/mol. The second-order valence-electron chi connectivity index (χ2n) is 10.8. The lowest BCUT2D eigenvalue weighted by Crippen LogP contribution is -2.49. The van der Waals surface area contributed by atoms with Gasteiger partial charge in [-0.3, -0.25) is 9.69 Å². The van der Waals surface area contributed by atoms with Crippen LogP contribution in [-0.4, -0.2) is 61.3 Å². The summed E-state index contributed by atoms with van der Waals surface area (Å²) in [6.45, 7) is 11.7. The van der Waals surface area contributed by atoms with Gasteiger partial charge in [-0.15, -0.1) is 5.10 Å². The maximum absolute atomic E-state index is 13.6. The third kappa shape index (κ3) is 4.72. The van der Waals surface area contributed by atoms with E-state index in [2.05, 4.69) is 88.3 Å². The summed E-state index contributed by atoms with van der Waals surface area (Å²) in [7, 11) is 0. The van der Waals surface area contributed by atoms with Gasteiger partial charge in [0.2, 0.25) is 0 Å². The molecular formula is C29H34N8OS. The molecule has 3 aromatic heterocycles. The number of nitrogens with one attached hydrogen (secondary N) is 1. The molecule has 202 valence electrons. The number of nitrogens with zero attached hydrogens (tertiary/aromatic N) is 7. The molecule has 2 aromatic carbocycles. The molecule has 6 rings (SSSR count). The van der Waals surface area contributed by atoms with Crippen molar-refractivity contribution in [1.82, 2.24) is 35.1 Å². The zero-order valence-electron chi connectivity index (χ0n) is 22.9. The molecule has 1 aliphatic rings. The lowest BCUT2D eigenvalue weighted by Gasteiger charge is -2.39. The molecule has 0 bridgehead atoms. The lowest BCUT2D eigenvalue weighted by atomic mass is 9.98. The number of thiazole rings is 1. The summed E-state index contributed by atoms with van der Waals surface area (Å²) in [5.74, 6) is 0.701. The Morgan fingerprint density at radius 3 is 2.59 bits per heavy atom. The fraction of sp³-hybridized carbons (Fsp3) is 0.414. The Morgan fingerprint density at radius 2 is 1.85 bits per heavy atom. The van der Waals surface area contributed by atoms with Gasteiger partial charge in [0.15, 0.2) is 11.0 Å². The number of rotatable bonds is 7. The normalized spacial score (nSPS) is 15.8. The van der Waals surface area contributed by atoms with Gasteiger partial charge in [0.05, 0.1) is 15.8 Å². The summed E-state index contributed by atoms with van der Waals surface area (Å²) in [6, 6.07) is 16.2. The van der Waals surface area contributed by atoms with Crippen molar-refractivity contribution in [3.8, 4) is 0 Å². The lowest BCUT2D eigenvalue weighted by molar-refractivity contribution is 0.186. The molecule has 0 saturated carbocycles. The second kappa shape index (κ2) is 10.2. The van der Waals surface area contributed by atoms with Gasteiger partial charge in [0.25, 0.3) is 5.56 Å². The first-order chi connectivity index (χ1) is 18.9. The smallest absolute Gasteiger partial charge is 0.253 e. The van der Waals surface area contributed by atoms with Gasteiger partial charge in [-0.05, 0) is 78.4 Å². The first-order valence-corrected chi connectivity index (χ1v) is 14.5.